The number of hydrogen-bond donors (Lipinski definition) is 2. The summed E-state index contributed by atoms with van der Waals surface area (Å²) in [5, 5.41) is 10.4. The van der Waals surface area contributed by atoms with Gasteiger partial charge in [0.2, 0.25) is 0 Å². The van der Waals surface area contributed by atoms with Crippen LogP contribution in [0.3, 0.4) is 0 Å². The number of nitrogens with one attached hydrogen (secondary N) is 2. The zero-order valence-corrected chi connectivity index (χ0v) is 20.2. The van der Waals surface area contributed by atoms with E-state index in [0.29, 0.717) is 34.3 Å². The number of hydrogen-bond acceptors (Lipinski definition) is 7. The van der Waals surface area contributed by atoms with E-state index in [-0.39, 0.29) is 29.4 Å². The van der Waals surface area contributed by atoms with Crippen LogP contribution in [0.5, 0.6) is 0 Å². The van der Waals surface area contributed by atoms with E-state index in [1.54, 1.807) is 30.6 Å². The Labute approximate surface area is 215 Å². The molecule has 10 nitrogen and oxygen atoms in total. The molecule has 12 heteroatoms. The first-order chi connectivity index (χ1) is 18.1. The highest BCUT2D eigenvalue weighted by atomic mass is 35.5. The van der Waals surface area contributed by atoms with Crippen molar-refractivity contribution in [1.29, 1.82) is 0 Å². The molecule has 0 spiro atoms. The predicted octanol–water partition coefficient (Wildman–Crippen LogP) is 4.38. The van der Waals surface area contributed by atoms with Crippen LogP contribution in [0.2, 0.25) is 5.02 Å². The number of aromatic amines is 1. The van der Waals surface area contributed by atoms with Gasteiger partial charge in [-0.3, -0.25) is 19.9 Å². The lowest BCUT2D eigenvalue weighted by atomic mass is 9.90. The minimum atomic E-state index is -0.464. The maximum Gasteiger partial charge on any atom is 0.270 e. The third kappa shape index (κ3) is 4.53. The Hall–Kier alpha value is -4.25. The van der Waals surface area contributed by atoms with Crippen molar-refractivity contribution in [3.8, 4) is 23.0 Å². The Balaban J connectivity index is 1.39. The summed E-state index contributed by atoms with van der Waals surface area (Å²) in [4.78, 5) is 34.6. The average Bonchev–Trinajstić information content (AvgIpc) is 3.57. The number of aromatic nitrogens is 8. The highest BCUT2D eigenvalue weighted by molar-refractivity contribution is 6.30. The lowest BCUT2D eigenvalue weighted by Crippen LogP contribution is -2.39. The lowest BCUT2D eigenvalue weighted by molar-refractivity contribution is 0.0916. The second-order valence-electron chi connectivity index (χ2n) is 8.87. The third-order valence-corrected chi connectivity index (χ3v) is 6.73. The highest BCUT2D eigenvalue weighted by Gasteiger charge is 2.30. The number of halogens is 2. The van der Waals surface area contributed by atoms with Crippen LogP contribution in [0.25, 0.3) is 34.1 Å². The molecule has 186 valence electrons. The van der Waals surface area contributed by atoms with Gasteiger partial charge in [0.15, 0.2) is 17.5 Å². The first-order valence-electron chi connectivity index (χ1n) is 11.8. The third-order valence-electron chi connectivity index (χ3n) is 6.49. The van der Waals surface area contributed by atoms with Crippen molar-refractivity contribution in [2.75, 3.05) is 0 Å². The van der Waals surface area contributed by atoms with E-state index in [2.05, 4.69) is 35.5 Å². The van der Waals surface area contributed by atoms with Gasteiger partial charge in [0.05, 0.1) is 11.7 Å². The van der Waals surface area contributed by atoms with Gasteiger partial charge in [-0.2, -0.15) is 5.10 Å². The first kappa shape index (κ1) is 23.2. The van der Waals surface area contributed by atoms with Gasteiger partial charge in [0.25, 0.3) is 5.91 Å². The summed E-state index contributed by atoms with van der Waals surface area (Å²) in [5.74, 6) is 0.114. The summed E-state index contributed by atoms with van der Waals surface area (Å²) in [6.45, 7) is 0. The van der Waals surface area contributed by atoms with Gasteiger partial charge in [-0.1, -0.05) is 11.6 Å². The molecule has 1 amide bonds. The fourth-order valence-corrected chi connectivity index (χ4v) is 5.02. The van der Waals surface area contributed by atoms with Crippen molar-refractivity contribution in [2.24, 2.45) is 0 Å². The summed E-state index contributed by atoms with van der Waals surface area (Å²) in [6.07, 6.45) is 9.29. The SMILES string of the molecule is O=C(N[C@H]1CCC[C@@H](n2c(-c3ncccc3F)nc3cnc(-c4nc[nH]n4)cc32)C1)c1cc(Cl)ccn1. The van der Waals surface area contributed by atoms with Crippen molar-refractivity contribution in [3.05, 3.63) is 71.8 Å². The summed E-state index contributed by atoms with van der Waals surface area (Å²) in [6, 6.07) is 7.75. The van der Waals surface area contributed by atoms with Gasteiger partial charge in [-0.05, 0) is 56.0 Å². The maximum atomic E-state index is 14.9. The molecule has 0 radical (unpaired) electrons. The molecule has 5 aromatic heterocycles. The molecule has 0 saturated heterocycles. The fourth-order valence-electron chi connectivity index (χ4n) is 4.86. The van der Waals surface area contributed by atoms with Crippen molar-refractivity contribution in [2.45, 2.75) is 37.8 Å². The van der Waals surface area contributed by atoms with E-state index in [1.807, 2.05) is 10.6 Å². The van der Waals surface area contributed by atoms with Gasteiger partial charge < -0.3 is 9.88 Å². The van der Waals surface area contributed by atoms with Gasteiger partial charge in [0.1, 0.15) is 28.9 Å². The van der Waals surface area contributed by atoms with Crippen LogP contribution >= 0.6 is 11.6 Å². The zero-order chi connectivity index (χ0) is 25.4. The van der Waals surface area contributed by atoms with E-state index < -0.39 is 5.82 Å². The normalized spacial score (nSPS) is 17.7. The van der Waals surface area contributed by atoms with Gasteiger partial charge in [0, 0.05) is 29.5 Å². The molecular formula is C25H21ClFN9O. The largest absolute Gasteiger partial charge is 0.348 e. The minimum Gasteiger partial charge on any atom is -0.348 e. The van der Waals surface area contributed by atoms with E-state index in [9.17, 15) is 9.18 Å². The smallest absolute Gasteiger partial charge is 0.270 e. The Bertz CT molecular complexity index is 1590. The quantitative estimate of drug-likeness (QED) is 0.354. The minimum absolute atomic E-state index is 0.0739. The standard InChI is InChI=1S/C25H21ClFN9O/c26-14-6-8-28-19(9-14)25(37)33-15-3-1-4-16(10-15)36-21-11-18(23-31-13-32-35-23)30-12-20(21)34-24(36)22-17(27)5-2-7-29-22/h2,5-9,11-13,15-16H,1,3-4,10H2,(H,33,37)(H,31,32,35)/t15-,16+/m0/s1. The van der Waals surface area contributed by atoms with Crippen LogP contribution in [0.1, 0.15) is 42.2 Å². The Morgan fingerprint density at radius 3 is 2.86 bits per heavy atom. The molecule has 0 bridgehead atoms. The van der Waals surface area contributed by atoms with Gasteiger partial charge in [-0.15, -0.1) is 0 Å². The molecule has 5 aromatic rings. The summed E-state index contributed by atoms with van der Waals surface area (Å²) in [7, 11) is 0. The zero-order valence-electron chi connectivity index (χ0n) is 19.5. The van der Waals surface area contributed by atoms with E-state index >= 15 is 0 Å². The number of imidazole rings is 1. The van der Waals surface area contributed by atoms with Crippen LogP contribution in [-0.4, -0.2) is 51.6 Å². The number of nitrogens with zero attached hydrogens (tertiary/aromatic N) is 7. The number of amides is 1. The predicted molar refractivity (Wildman–Crippen MR) is 134 cm³/mol. The van der Waals surface area contributed by atoms with Crippen molar-refractivity contribution in [1.82, 2.24) is 45.0 Å². The fraction of sp³-hybridized carbons (Fsp3) is 0.240. The highest BCUT2D eigenvalue weighted by Crippen LogP contribution is 2.37. The Morgan fingerprint density at radius 1 is 1.14 bits per heavy atom. The molecule has 0 unspecified atom stereocenters. The molecule has 37 heavy (non-hydrogen) atoms. The van der Waals surface area contributed by atoms with Crippen LogP contribution in [0.4, 0.5) is 4.39 Å². The molecule has 2 N–H and O–H groups in total. The Kier molecular flexibility index (Phi) is 6.05. The number of carbonyl (C=O) groups is 1. The molecule has 0 aliphatic heterocycles. The Morgan fingerprint density at radius 2 is 2.05 bits per heavy atom. The van der Waals surface area contributed by atoms with Gasteiger partial charge >= 0.3 is 0 Å². The lowest BCUT2D eigenvalue weighted by Gasteiger charge is -2.32. The molecule has 1 aliphatic rings. The first-order valence-corrected chi connectivity index (χ1v) is 12.2. The number of rotatable bonds is 5. The van der Waals surface area contributed by atoms with Crippen LogP contribution in [0.15, 0.2) is 55.2 Å². The monoisotopic (exact) mass is 517 g/mol. The van der Waals surface area contributed by atoms with Crippen molar-refractivity contribution >= 4 is 28.5 Å². The maximum absolute atomic E-state index is 14.9. The van der Waals surface area contributed by atoms with Crippen LogP contribution < -0.4 is 5.32 Å². The van der Waals surface area contributed by atoms with Crippen LogP contribution in [0, 0.1) is 5.82 Å². The molecular weight excluding hydrogens is 497 g/mol. The van der Waals surface area contributed by atoms with E-state index in [0.717, 1.165) is 24.8 Å². The second kappa shape index (κ2) is 9.66. The molecule has 0 aromatic carbocycles. The average molecular weight is 518 g/mol. The molecule has 5 heterocycles. The molecule has 2 atom stereocenters. The molecule has 1 saturated carbocycles. The number of carbonyl (C=O) groups excluding carboxylic acids is 1. The van der Waals surface area contributed by atoms with Gasteiger partial charge in [-0.25, -0.2) is 19.3 Å². The number of pyridine rings is 3. The topological polar surface area (TPSA) is 127 Å². The molecule has 1 aliphatic carbocycles. The summed E-state index contributed by atoms with van der Waals surface area (Å²) < 4.78 is 16.9. The van der Waals surface area contributed by atoms with Crippen molar-refractivity contribution < 1.29 is 9.18 Å². The van der Waals surface area contributed by atoms with Crippen molar-refractivity contribution in [3.63, 3.8) is 0 Å². The second-order valence-corrected chi connectivity index (χ2v) is 9.31. The summed E-state index contributed by atoms with van der Waals surface area (Å²) in [5.41, 5.74) is 2.36. The number of fused-ring (bicyclic) bond motifs is 1. The van der Waals surface area contributed by atoms with E-state index in [1.165, 1.54) is 18.6 Å². The summed E-state index contributed by atoms with van der Waals surface area (Å²) >= 11 is 6.03. The number of H-pyrrole nitrogens is 1. The van der Waals surface area contributed by atoms with Crippen LogP contribution in [-0.2, 0) is 0 Å². The van der Waals surface area contributed by atoms with E-state index in [4.69, 9.17) is 16.6 Å². The molecule has 1 fully saturated rings. The molecule has 6 rings (SSSR count).